The summed E-state index contributed by atoms with van der Waals surface area (Å²) in [6.45, 7) is 4.13. The average molecular weight is 478 g/mol. The smallest absolute Gasteiger partial charge is 0.412 e. The van der Waals surface area contributed by atoms with Crippen LogP contribution < -0.4 is 0 Å². The summed E-state index contributed by atoms with van der Waals surface area (Å²) in [5, 5.41) is 9.91. The predicted octanol–water partition coefficient (Wildman–Crippen LogP) is 5.60. The highest BCUT2D eigenvalue weighted by Crippen LogP contribution is 2.65. The number of aromatic hydroxyl groups is 1. The number of carbonyl (C=O) groups is 1. The first-order valence-corrected chi connectivity index (χ1v) is 12.7. The lowest BCUT2D eigenvalue weighted by Gasteiger charge is -2.52. The molecule has 1 N–H and O–H groups in total. The molecular formula is C27H34F3NO3. The SMILES string of the molecule is C[C@]12CC[C@@H]3c4ccc(O)cc4CC[C@H]3C1[C@@H](CCCC(=O)N1CCOCC1)C=C2C(F)(F)F. The molecule has 2 fully saturated rings. The van der Waals surface area contributed by atoms with E-state index in [0.29, 0.717) is 52.0 Å². The van der Waals surface area contributed by atoms with Gasteiger partial charge in [0.2, 0.25) is 5.91 Å². The number of carbonyl (C=O) groups excluding carboxylic acids is 1. The predicted molar refractivity (Wildman–Crippen MR) is 122 cm³/mol. The van der Waals surface area contributed by atoms with E-state index in [1.165, 1.54) is 11.6 Å². The van der Waals surface area contributed by atoms with E-state index >= 15 is 0 Å². The Morgan fingerprint density at radius 1 is 1.24 bits per heavy atom. The first-order valence-electron chi connectivity index (χ1n) is 12.7. The number of nitrogens with zero attached hydrogens (tertiary/aromatic N) is 1. The molecule has 34 heavy (non-hydrogen) atoms. The summed E-state index contributed by atoms with van der Waals surface area (Å²) < 4.78 is 47.9. The number of phenols is 1. The Morgan fingerprint density at radius 2 is 2.00 bits per heavy atom. The van der Waals surface area contributed by atoms with Crippen molar-refractivity contribution in [3.8, 4) is 5.75 Å². The largest absolute Gasteiger partial charge is 0.508 e. The number of benzene rings is 1. The Morgan fingerprint density at radius 3 is 2.74 bits per heavy atom. The van der Waals surface area contributed by atoms with Crippen molar-refractivity contribution in [3.05, 3.63) is 41.0 Å². The summed E-state index contributed by atoms with van der Waals surface area (Å²) in [4.78, 5) is 14.4. The van der Waals surface area contributed by atoms with Crippen molar-refractivity contribution < 1.29 is 27.8 Å². The Bertz CT molecular complexity index is 968. The van der Waals surface area contributed by atoms with Crippen LogP contribution in [0.15, 0.2) is 29.8 Å². The van der Waals surface area contributed by atoms with Crippen LogP contribution in [0.3, 0.4) is 0 Å². The van der Waals surface area contributed by atoms with Gasteiger partial charge in [-0.05, 0) is 85.5 Å². The molecule has 1 saturated heterocycles. The fourth-order valence-electron chi connectivity index (χ4n) is 7.57. The van der Waals surface area contributed by atoms with Gasteiger partial charge in [-0.25, -0.2) is 0 Å². The maximum Gasteiger partial charge on any atom is 0.412 e. The van der Waals surface area contributed by atoms with Crippen LogP contribution in [-0.2, 0) is 16.0 Å². The lowest BCUT2D eigenvalue weighted by atomic mass is 9.52. The number of morpholine rings is 1. The van der Waals surface area contributed by atoms with E-state index < -0.39 is 11.6 Å². The fraction of sp³-hybridized carbons (Fsp3) is 0.667. The van der Waals surface area contributed by atoms with Gasteiger partial charge >= 0.3 is 6.18 Å². The van der Waals surface area contributed by atoms with Crippen LogP contribution >= 0.6 is 0 Å². The third-order valence-corrected chi connectivity index (χ3v) is 9.02. The van der Waals surface area contributed by atoms with E-state index in [9.17, 15) is 23.1 Å². The van der Waals surface area contributed by atoms with Crippen LogP contribution in [0.25, 0.3) is 0 Å². The van der Waals surface area contributed by atoms with Gasteiger partial charge in [-0.3, -0.25) is 4.79 Å². The van der Waals surface area contributed by atoms with Crippen molar-refractivity contribution in [2.45, 2.75) is 64.0 Å². The molecular weight excluding hydrogens is 443 g/mol. The number of allylic oxidation sites excluding steroid dienone is 2. The number of halogens is 3. The quantitative estimate of drug-likeness (QED) is 0.574. The van der Waals surface area contributed by atoms with E-state index in [0.717, 1.165) is 24.8 Å². The molecule has 4 nitrogen and oxygen atoms in total. The molecule has 7 heteroatoms. The van der Waals surface area contributed by atoms with Crippen LogP contribution in [0, 0.1) is 23.2 Å². The van der Waals surface area contributed by atoms with E-state index in [4.69, 9.17) is 4.74 Å². The molecule has 0 radical (unpaired) electrons. The summed E-state index contributed by atoms with van der Waals surface area (Å²) in [6.07, 6.45) is 1.71. The van der Waals surface area contributed by atoms with Gasteiger partial charge in [-0.2, -0.15) is 13.2 Å². The van der Waals surface area contributed by atoms with Crippen molar-refractivity contribution in [1.29, 1.82) is 0 Å². The second-order valence-electron chi connectivity index (χ2n) is 10.8. The lowest BCUT2D eigenvalue weighted by molar-refractivity contribution is -0.135. The summed E-state index contributed by atoms with van der Waals surface area (Å²) in [5.41, 5.74) is 1.13. The number of alkyl halides is 3. The third kappa shape index (κ3) is 4.14. The Kier molecular flexibility index (Phi) is 6.20. The molecule has 4 aliphatic rings. The van der Waals surface area contributed by atoms with Gasteiger partial charge in [0.05, 0.1) is 13.2 Å². The molecule has 1 aliphatic heterocycles. The van der Waals surface area contributed by atoms with Gasteiger partial charge in [-0.15, -0.1) is 0 Å². The lowest BCUT2D eigenvalue weighted by Crippen LogP contribution is -2.45. The van der Waals surface area contributed by atoms with Gasteiger partial charge in [0, 0.05) is 30.5 Å². The topological polar surface area (TPSA) is 49.8 Å². The number of aryl methyl sites for hydroxylation is 1. The summed E-state index contributed by atoms with van der Waals surface area (Å²) in [6, 6.07) is 5.51. The molecule has 0 bridgehead atoms. The molecule has 1 saturated carbocycles. The van der Waals surface area contributed by atoms with Crippen molar-refractivity contribution >= 4 is 5.91 Å². The molecule has 3 aliphatic carbocycles. The average Bonchev–Trinajstić information content (AvgIpc) is 3.12. The van der Waals surface area contributed by atoms with E-state index in [1.54, 1.807) is 6.07 Å². The Hall–Kier alpha value is -2.02. The molecule has 5 atom stereocenters. The minimum Gasteiger partial charge on any atom is -0.508 e. The van der Waals surface area contributed by atoms with Gasteiger partial charge in [0.15, 0.2) is 0 Å². The Balaban J connectivity index is 1.36. The van der Waals surface area contributed by atoms with Crippen molar-refractivity contribution in [2.75, 3.05) is 26.3 Å². The van der Waals surface area contributed by atoms with E-state index in [2.05, 4.69) is 0 Å². The monoisotopic (exact) mass is 477 g/mol. The highest BCUT2D eigenvalue weighted by molar-refractivity contribution is 5.76. The molecule has 186 valence electrons. The first kappa shape index (κ1) is 23.7. The third-order valence-electron chi connectivity index (χ3n) is 9.02. The van der Waals surface area contributed by atoms with Crippen LogP contribution in [-0.4, -0.2) is 48.4 Å². The maximum atomic E-state index is 14.2. The number of rotatable bonds is 4. The molecule has 1 aromatic rings. The molecule has 1 heterocycles. The molecule has 5 rings (SSSR count). The summed E-state index contributed by atoms with van der Waals surface area (Å²) in [5.74, 6) is 0.529. The summed E-state index contributed by atoms with van der Waals surface area (Å²) in [7, 11) is 0. The molecule has 1 amide bonds. The van der Waals surface area contributed by atoms with Crippen molar-refractivity contribution in [2.24, 2.45) is 23.2 Å². The standard InChI is InChI=1S/C27H34F3NO3/c1-26-10-9-21-20-8-6-19(32)15-17(20)5-7-22(21)25(26)18(16-23(26)27(28,29)30)3-2-4-24(33)31-11-13-34-14-12-31/h6,8,15-16,18,21-22,25,32H,2-5,7,9-14H2,1H3/t18-,21+,22+,25?,26+/m0/s1. The first-order chi connectivity index (χ1) is 16.2. The molecule has 1 unspecified atom stereocenters. The fourth-order valence-corrected chi connectivity index (χ4v) is 7.57. The highest BCUT2D eigenvalue weighted by Gasteiger charge is 2.60. The number of ether oxygens (including phenoxy) is 1. The van der Waals surface area contributed by atoms with Gasteiger partial charge in [0.1, 0.15) is 5.75 Å². The Labute approximate surface area is 199 Å². The van der Waals surface area contributed by atoms with E-state index in [1.807, 2.05) is 24.0 Å². The number of hydrogen-bond acceptors (Lipinski definition) is 3. The van der Waals surface area contributed by atoms with Gasteiger partial charge in [0.25, 0.3) is 0 Å². The number of hydrogen-bond donors (Lipinski definition) is 1. The number of amides is 1. The molecule has 1 aromatic carbocycles. The van der Waals surface area contributed by atoms with Crippen molar-refractivity contribution in [1.82, 2.24) is 4.90 Å². The van der Waals surface area contributed by atoms with Gasteiger partial charge < -0.3 is 14.7 Å². The normalized spacial score (nSPS) is 33.1. The zero-order chi connectivity index (χ0) is 24.1. The van der Waals surface area contributed by atoms with E-state index in [-0.39, 0.29) is 40.9 Å². The van der Waals surface area contributed by atoms with Crippen LogP contribution in [0.1, 0.15) is 62.5 Å². The minimum atomic E-state index is -4.32. The summed E-state index contributed by atoms with van der Waals surface area (Å²) >= 11 is 0. The van der Waals surface area contributed by atoms with Crippen LogP contribution in [0.2, 0.25) is 0 Å². The van der Waals surface area contributed by atoms with Crippen molar-refractivity contribution in [3.63, 3.8) is 0 Å². The van der Waals surface area contributed by atoms with Gasteiger partial charge in [-0.1, -0.05) is 19.1 Å². The maximum absolute atomic E-state index is 14.2. The number of fused-ring (bicyclic) bond motifs is 5. The highest BCUT2D eigenvalue weighted by atomic mass is 19.4. The zero-order valence-corrected chi connectivity index (χ0v) is 19.7. The van der Waals surface area contributed by atoms with Crippen LogP contribution in [0.4, 0.5) is 13.2 Å². The minimum absolute atomic E-state index is 0.0664. The molecule has 0 aromatic heterocycles. The second kappa shape index (κ2) is 8.89. The molecule has 0 spiro atoms. The number of phenolic OH excluding ortho intramolecular Hbond substituents is 1. The second-order valence-corrected chi connectivity index (χ2v) is 10.8. The van der Waals surface area contributed by atoms with Crippen LogP contribution in [0.5, 0.6) is 5.75 Å². The zero-order valence-electron chi connectivity index (χ0n) is 19.7.